The molecule has 0 fully saturated rings. The van der Waals surface area contributed by atoms with Crippen molar-refractivity contribution in [2.45, 2.75) is 18.0 Å². The lowest BCUT2D eigenvalue weighted by Gasteiger charge is -2.08. The topological polar surface area (TPSA) is 88.5 Å². The monoisotopic (exact) mass is 378 g/mol. The van der Waals surface area contributed by atoms with Crippen LogP contribution >= 0.6 is 11.8 Å². The second kappa shape index (κ2) is 7.63. The lowest BCUT2D eigenvalue weighted by atomic mass is 10.1. The number of hydrogen-bond donors (Lipinski definition) is 2. The number of tetrazole rings is 1. The molecule has 0 saturated heterocycles. The van der Waals surface area contributed by atoms with Crippen molar-refractivity contribution >= 4 is 34.3 Å². The van der Waals surface area contributed by atoms with E-state index in [2.05, 4.69) is 31.9 Å². The zero-order chi connectivity index (χ0) is 18.6. The minimum absolute atomic E-state index is 0.0285. The van der Waals surface area contributed by atoms with Crippen LogP contribution in [-0.2, 0) is 11.2 Å². The first-order valence-electron chi connectivity index (χ1n) is 8.52. The number of aromatic amines is 1. The van der Waals surface area contributed by atoms with Gasteiger partial charge in [0.15, 0.2) is 0 Å². The van der Waals surface area contributed by atoms with Crippen LogP contribution in [0.3, 0.4) is 0 Å². The fraction of sp³-hybridized carbons (Fsp3) is 0.158. The molecule has 0 unspecified atom stereocenters. The number of nitrogens with one attached hydrogen (secondary N) is 2. The van der Waals surface area contributed by atoms with Gasteiger partial charge in [-0.3, -0.25) is 4.79 Å². The van der Waals surface area contributed by atoms with E-state index in [1.54, 1.807) is 4.68 Å². The fourth-order valence-electron chi connectivity index (χ4n) is 2.99. The first-order chi connectivity index (χ1) is 13.2. The summed E-state index contributed by atoms with van der Waals surface area (Å²) in [7, 11) is 0. The third-order valence-electron chi connectivity index (χ3n) is 4.29. The fourth-order valence-corrected chi connectivity index (χ4v) is 3.43. The lowest BCUT2D eigenvalue weighted by molar-refractivity contribution is -0.116. The van der Waals surface area contributed by atoms with Gasteiger partial charge in [-0.05, 0) is 52.9 Å². The molecule has 0 aliphatic heterocycles. The number of hydrogen-bond acceptors (Lipinski definition) is 5. The molecule has 0 radical (unpaired) electrons. The van der Waals surface area contributed by atoms with E-state index in [1.807, 2.05) is 54.9 Å². The third kappa shape index (κ3) is 3.70. The van der Waals surface area contributed by atoms with E-state index >= 15 is 0 Å². The molecule has 0 atom stereocenters. The van der Waals surface area contributed by atoms with Gasteiger partial charge in [0.1, 0.15) is 0 Å². The van der Waals surface area contributed by atoms with E-state index in [0.717, 1.165) is 27.8 Å². The Hall–Kier alpha value is -3.13. The van der Waals surface area contributed by atoms with Crippen LogP contribution in [0.25, 0.3) is 16.6 Å². The minimum Gasteiger partial charge on any atom is -0.361 e. The average molecular weight is 378 g/mol. The molecule has 7 nitrogen and oxygen atoms in total. The Morgan fingerprint density at radius 3 is 3.00 bits per heavy atom. The molecule has 2 heterocycles. The third-order valence-corrected chi connectivity index (χ3v) is 4.91. The summed E-state index contributed by atoms with van der Waals surface area (Å²) in [6, 6.07) is 15.6. The van der Waals surface area contributed by atoms with Crippen LogP contribution in [0.4, 0.5) is 5.69 Å². The highest BCUT2D eigenvalue weighted by atomic mass is 32.2. The Labute approximate surface area is 160 Å². The second-order valence-corrected chi connectivity index (χ2v) is 6.81. The van der Waals surface area contributed by atoms with E-state index in [1.165, 1.54) is 11.8 Å². The smallest absolute Gasteiger partial charge is 0.224 e. The van der Waals surface area contributed by atoms with Crippen LogP contribution in [0.15, 0.2) is 59.9 Å². The van der Waals surface area contributed by atoms with Crippen LogP contribution in [0.2, 0.25) is 0 Å². The molecule has 0 saturated carbocycles. The molecule has 136 valence electrons. The molecule has 27 heavy (non-hydrogen) atoms. The number of anilines is 1. The molecule has 4 aromatic rings. The summed E-state index contributed by atoms with van der Waals surface area (Å²) >= 11 is 1.46. The van der Waals surface area contributed by atoms with Gasteiger partial charge in [-0.15, -0.1) is 5.10 Å². The van der Waals surface area contributed by atoms with Crippen molar-refractivity contribution in [1.82, 2.24) is 25.2 Å². The summed E-state index contributed by atoms with van der Waals surface area (Å²) in [4.78, 5) is 15.6. The van der Waals surface area contributed by atoms with Gasteiger partial charge in [0.2, 0.25) is 11.1 Å². The number of thioether (sulfide) groups is 1. The van der Waals surface area contributed by atoms with Crippen molar-refractivity contribution in [3.63, 3.8) is 0 Å². The van der Waals surface area contributed by atoms with Crippen LogP contribution < -0.4 is 5.32 Å². The van der Waals surface area contributed by atoms with E-state index in [-0.39, 0.29) is 5.91 Å². The number of amides is 1. The average Bonchev–Trinajstić information content (AvgIpc) is 3.33. The van der Waals surface area contributed by atoms with E-state index in [0.29, 0.717) is 18.0 Å². The van der Waals surface area contributed by atoms with Gasteiger partial charge in [0.05, 0.1) is 5.69 Å². The summed E-state index contributed by atoms with van der Waals surface area (Å²) < 4.78 is 1.65. The predicted octanol–water partition coefficient (Wildman–Crippen LogP) is 3.44. The maximum atomic E-state index is 12.4. The number of H-pyrrole nitrogens is 1. The number of carbonyl (C=O) groups excluding carboxylic acids is 1. The van der Waals surface area contributed by atoms with Crippen molar-refractivity contribution in [1.29, 1.82) is 0 Å². The molecule has 2 N–H and O–H groups in total. The van der Waals surface area contributed by atoms with Crippen molar-refractivity contribution in [2.75, 3.05) is 11.6 Å². The SMILES string of the molecule is CSc1nnnn1-c1cccc(NC(=O)CCc2c[nH]c3ccccc23)c1. The van der Waals surface area contributed by atoms with Gasteiger partial charge in [-0.25, -0.2) is 0 Å². The summed E-state index contributed by atoms with van der Waals surface area (Å²) in [5.74, 6) is -0.0285. The van der Waals surface area contributed by atoms with Gasteiger partial charge < -0.3 is 10.3 Å². The minimum atomic E-state index is -0.0285. The number of rotatable bonds is 6. The molecule has 1 amide bonds. The molecule has 2 aromatic heterocycles. The van der Waals surface area contributed by atoms with E-state index in [9.17, 15) is 4.79 Å². The Morgan fingerprint density at radius 2 is 2.11 bits per heavy atom. The predicted molar refractivity (Wildman–Crippen MR) is 106 cm³/mol. The highest BCUT2D eigenvalue weighted by Crippen LogP contribution is 2.21. The zero-order valence-electron chi connectivity index (χ0n) is 14.7. The lowest BCUT2D eigenvalue weighted by Crippen LogP contribution is -2.12. The van der Waals surface area contributed by atoms with Gasteiger partial charge >= 0.3 is 0 Å². The Kier molecular flexibility index (Phi) is 4.88. The molecule has 0 bridgehead atoms. The molecule has 0 spiro atoms. The largest absolute Gasteiger partial charge is 0.361 e. The van der Waals surface area contributed by atoms with Crippen molar-refractivity contribution in [2.24, 2.45) is 0 Å². The Bertz CT molecular complexity index is 1090. The maximum absolute atomic E-state index is 12.4. The first-order valence-corrected chi connectivity index (χ1v) is 9.75. The summed E-state index contributed by atoms with van der Waals surface area (Å²) in [5.41, 5.74) is 3.76. The number of aromatic nitrogens is 5. The van der Waals surface area contributed by atoms with E-state index in [4.69, 9.17) is 0 Å². The van der Waals surface area contributed by atoms with Crippen LogP contribution in [-0.4, -0.2) is 37.4 Å². The number of fused-ring (bicyclic) bond motifs is 1. The number of nitrogens with zero attached hydrogens (tertiary/aromatic N) is 4. The Morgan fingerprint density at radius 1 is 1.22 bits per heavy atom. The zero-order valence-corrected chi connectivity index (χ0v) is 15.5. The van der Waals surface area contributed by atoms with Gasteiger partial charge in [-0.1, -0.05) is 36.0 Å². The highest BCUT2D eigenvalue weighted by Gasteiger charge is 2.10. The first kappa shape index (κ1) is 17.3. The van der Waals surface area contributed by atoms with Crippen LogP contribution in [0.1, 0.15) is 12.0 Å². The van der Waals surface area contributed by atoms with Gasteiger partial charge in [0.25, 0.3) is 0 Å². The van der Waals surface area contributed by atoms with Crippen LogP contribution in [0, 0.1) is 0 Å². The maximum Gasteiger partial charge on any atom is 0.224 e. The van der Waals surface area contributed by atoms with Gasteiger partial charge in [-0.2, -0.15) is 4.68 Å². The normalized spacial score (nSPS) is 11.0. The standard InChI is InChI=1S/C19H18N6OS/c1-27-19-22-23-24-25(19)15-6-4-5-14(11-15)21-18(26)10-9-13-12-20-17-8-3-2-7-16(13)17/h2-8,11-12,20H,9-10H2,1H3,(H,21,26). The quantitative estimate of drug-likeness (QED) is 0.502. The summed E-state index contributed by atoms with van der Waals surface area (Å²) in [6.45, 7) is 0. The Balaban J connectivity index is 1.43. The van der Waals surface area contributed by atoms with Gasteiger partial charge in [0, 0.05) is 29.2 Å². The summed E-state index contributed by atoms with van der Waals surface area (Å²) in [6.07, 6.45) is 4.98. The number of aryl methyl sites for hydroxylation is 1. The molecular weight excluding hydrogens is 360 g/mol. The van der Waals surface area contributed by atoms with E-state index < -0.39 is 0 Å². The number of benzene rings is 2. The molecular formula is C19H18N6OS. The highest BCUT2D eigenvalue weighted by molar-refractivity contribution is 7.98. The van der Waals surface area contributed by atoms with Crippen LogP contribution in [0.5, 0.6) is 0 Å². The number of para-hydroxylation sites is 1. The molecule has 8 heteroatoms. The molecule has 0 aliphatic rings. The van der Waals surface area contributed by atoms with Crippen molar-refractivity contribution < 1.29 is 4.79 Å². The van der Waals surface area contributed by atoms with Crippen molar-refractivity contribution in [3.05, 3.63) is 60.3 Å². The second-order valence-electron chi connectivity index (χ2n) is 6.04. The molecule has 2 aromatic carbocycles. The number of carbonyl (C=O) groups is 1. The summed E-state index contributed by atoms with van der Waals surface area (Å²) in [5, 5.41) is 16.5. The van der Waals surface area contributed by atoms with Crippen molar-refractivity contribution in [3.8, 4) is 5.69 Å². The molecule has 0 aliphatic carbocycles. The molecule has 4 rings (SSSR count).